The Morgan fingerprint density at radius 2 is 1.76 bits per heavy atom. The Morgan fingerprint density at radius 1 is 1.05 bits per heavy atom. The Labute approximate surface area is 132 Å². The predicted molar refractivity (Wildman–Crippen MR) is 89.8 cm³/mol. The molecular weight excluding hydrogens is 282 g/mol. The number of benzene rings is 2. The summed E-state index contributed by atoms with van der Waals surface area (Å²) in [5.74, 6) is 0. The van der Waals surface area contributed by atoms with E-state index in [0.717, 1.165) is 42.3 Å². The van der Waals surface area contributed by atoms with Crippen molar-refractivity contribution < 1.29 is 4.74 Å². The lowest BCUT2D eigenvalue weighted by Crippen LogP contribution is -2.11. The average molecular weight is 304 g/mol. The first-order valence-electron chi connectivity index (χ1n) is 7.32. The number of ether oxygens (including phenoxy) is 1. The zero-order valence-corrected chi connectivity index (χ0v) is 13.4. The normalized spacial score (nSPS) is 10.8. The number of methoxy groups -OCH3 is 1. The second kappa shape index (κ2) is 8.18. The summed E-state index contributed by atoms with van der Waals surface area (Å²) in [6.07, 6.45) is 0.944. The monoisotopic (exact) mass is 303 g/mol. The smallest absolute Gasteiger partial charge is 0.0502 e. The molecule has 0 aliphatic carbocycles. The van der Waals surface area contributed by atoms with Crippen molar-refractivity contribution in [2.45, 2.75) is 19.9 Å². The molecule has 0 saturated heterocycles. The van der Waals surface area contributed by atoms with Crippen molar-refractivity contribution in [3.63, 3.8) is 0 Å². The Bertz CT molecular complexity index is 566. The third kappa shape index (κ3) is 4.57. The lowest BCUT2D eigenvalue weighted by molar-refractivity contribution is 0.202. The molecule has 0 aromatic heterocycles. The molecule has 0 radical (unpaired) electrons. The number of hydrogen-bond donors (Lipinski definition) is 1. The van der Waals surface area contributed by atoms with Crippen LogP contribution in [-0.4, -0.2) is 20.3 Å². The molecule has 2 nitrogen and oxygen atoms in total. The third-order valence-electron chi connectivity index (χ3n) is 3.50. The highest BCUT2D eigenvalue weighted by molar-refractivity contribution is 6.31. The van der Waals surface area contributed by atoms with E-state index in [4.69, 9.17) is 16.3 Å². The van der Waals surface area contributed by atoms with Crippen molar-refractivity contribution in [2.75, 3.05) is 20.3 Å². The zero-order valence-electron chi connectivity index (χ0n) is 12.7. The molecule has 0 aliphatic heterocycles. The van der Waals surface area contributed by atoms with Crippen molar-refractivity contribution in [1.82, 2.24) is 5.32 Å². The summed E-state index contributed by atoms with van der Waals surface area (Å²) in [6.45, 7) is 4.60. The Morgan fingerprint density at radius 3 is 2.38 bits per heavy atom. The molecule has 3 heteroatoms. The van der Waals surface area contributed by atoms with Gasteiger partial charge in [-0.1, -0.05) is 54.9 Å². The van der Waals surface area contributed by atoms with E-state index in [1.807, 2.05) is 6.07 Å². The first-order valence-corrected chi connectivity index (χ1v) is 7.69. The fourth-order valence-electron chi connectivity index (χ4n) is 2.21. The molecule has 2 rings (SSSR count). The molecule has 2 aromatic rings. The van der Waals surface area contributed by atoms with Gasteiger partial charge in [-0.2, -0.15) is 0 Å². The van der Waals surface area contributed by atoms with Gasteiger partial charge in [-0.3, -0.25) is 0 Å². The quantitative estimate of drug-likeness (QED) is 0.823. The van der Waals surface area contributed by atoms with E-state index in [2.05, 4.69) is 48.6 Å². The van der Waals surface area contributed by atoms with Gasteiger partial charge in [0.25, 0.3) is 0 Å². The number of nitrogens with one attached hydrogen (secondary N) is 1. The molecule has 0 heterocycles. The summed E-state index contributed by atoms with van der Waals surface area (Å²) < 4.78 is 5.10. The first kappa shape index (κ1) is 16.0. The van der Waals surface area contributed by atoms with Gasteiger partial charge in [0.15, 0.2) is 0 Å². The minimum Gasteiger partial charge on any atom is -0.384 e. The minimum absolute atomic E-state index is 0.754. The van der Waals surface area contributed by atoms with E-state index in [1.165, 1.54) is 11.1 Å². The molecule has 0 aliphatic rings. The van der Waals surface area contributed by atoms with E-state index in [1.54, 1.807) is 7.11 Å². The summed E-state index contributed by atoms with van der Waals surface area (Å²) in [5.41, 5.74) is 4.76. The second-order valence-corrected chi connectivity index (χ2v) is 5.43. The van der Waals surface area contributed by atoms with Crippen LogP contribution in [-0.2, 0) is 17.7 Å². The van der Waals surface area contributed by atoms with E-state index in [-0.39, 0.29) is 0 Å². The summed E-state index contributed by atoms with van der Waals surface area (Å²) in [4.78, 5) is 0. The van der Waals surface area contributed by atoms with Gasteiger partial charge in [0.1, 0.15) is 0 Å². The number of halogens is 1. The third-order valence-corrected chi connectivity index (χ3v) is 3.85. The van der Waals surface area contributed by atoms with Gasteiger partial charge < -0.3 is 10.1 Å². The minimum atomic E-state index is 0.754. The standard InChI is InChI=1S/C18H22ClNO/c1-3-20-13-17-9-8-16(12-18(17)19)15-6-4-14(5-7-15)10-11-21-2/h4-9,12,20H,3,10-11,13H2,1-2H3. The Kier molecular flexibility index (Phi) is 6.24. The Hall–Kier alpha value is -1.35. The fraction of sp³-hybridized carbons (Fsp3) is 0.333. The van der Waals surface area contributed by atoms with Crippen LogP contribution in [0.3, 0.4) is 0 Å². The molecule has 0 spiro atoms. The molecule has 112 valence electrons. The van der Waals surface area contributed by atoms with Crippen LogP contribution in [0.2, 0.25) is 5.02 Å². The van der Waals surface area contributed by atoms with Gasteiger partial charge in [-0.05, 0) is 41.3 Å². The molecule has 0 unspecified atom stereocenters. The van der Waals surface area contributed by atoms with E-state index in [9.17, 15) is 0 Å². The zero-order chi connectivity index (χ0) is 15.1. The van der Waals surface area contributed by atoms with E-state index >= 15 is 0 Å². The summed E-state index contributed by atoms with van der Waals surface area (Å²) in [7, 11) is 1.73. The van der Waals surface area contributed by atoms with Crippen LogP contribution in [0.5, 0.6) is 0 Å². The number of rotatable bonds is 7. The first-order chi connectivity index (χ1) is 10.2. The van der Waals surface area contributed by atoms with Crippen LogP contribution in [0.15, 0.2) is 42.5 Å². The maximum absolute atomic E-state index is 6.36. The lowest BCUT2D eigenvalue weighted by Gasteiger charge is -2.09. The van der Waals surface area contributed by atoms with Crippen LogP contribution in [0.25, 0.3) is 11.1 Å². The molecule has 2 aromatic carbocycles. The van der Waals surface area contributed by atoms with Crippen molar-refractivity contribution in [2.24, 2.45) is 0 Å². The van der Waals surface area contributed by atoms with Gasteiger partial charge in [-0.25, -0.2) is 0 Å². The van der Waals surface area contributed by atoms with Gasteiger partial charge in [0.2, 0.25) is 0 Å². The summed E-state index contributed by atoms with van der Waals surface area (Å²) in [6, 6.07) is 14.8. The van der Waals surface area contributed by atoms with Crippen LogP contribution >= 0.6 is 11.6 Å². The van der Waals surface area contributed by atoms with Crippen molar-refractivity contribution in [3.05, 3.63) is 58.6 Å². The van der Waals surface area contributed by atoms with Gasteiger partial charge >= 0.3 is 0 Å². The molecular formula is C18H22ClNO. The SMILES string of the molecule is CCNCc1ccc(-c2ccc(CCOC)cc2)cc1Cl. The van der Waals surface area contributed by atoms with Gasteiger partial charge in [-0.15, -0.1) is 0 Å². The largest absolute Gasteiger partial charge is 0.384 e. The van der Waals surface area contributed by atoms with Crippen LogP contribution in [0.4, 0.5) is 0 Å². The second-order valence-electron chi connectivity index (χ2n) is 5.03. The molecule has 0 amide bonds. The number of hydrogen-bond acceptors (Lipinski definition) is 2. The molecule has 0 atom stereocenters. The highest BCUT2D eigenvalue weighted by Crippen LogP contribution is 2.26. The Balaban J connectivity index is 2.12. The highest BCUT2D eigenvalue weighted by atomic mass is 35.5. The summed E-state index contributed by atoms with van der Waals surface area (Å²) in [5, 5.41) is 4.11. The molecule has 0 saturated carbocycles. The average Bonchev–Trinajstić information content (AvgIpc) is 2.52. The molecule has 21 heavy (non-hydrogen) atoms. The molecule has 1 N–H and O–H groups in total. The lowest BCUT2D eigenvalue weighted by atomic mass is 10.0. The van der Waals surface area contributed by atoms with E-state index in [0.29, 0.717) is 0 Å². The predicted octanol–water partition coefficient (Wildman–Crippen LogP) is 4.31. The van der Waals surface area contributed by atoms with Crippen molar-refractivity contribution >= 4 is 11.6 Å². The fourth-order valence-corrected chi connectivity index (χ4v) is 2.46. The maximum Gasteiger partial charge on any atom is 0.0502 e. The molecule has 0 bridgehead atoms. The van der Waals surface area contributed by atoms with E-state index < -0.39 is 0 Å². The topological polar surface area (TPSA) is 21.3 Å². The van der Waals surface area contributed by atoms with Crippen molar-refractivity contribution in [3.8, 4) is 11.1 Å². The van der Waals surface area contributed by atoms with Gasteiger partial charge in [0.05, 0.1) is 6.61 Å². The van der Waals surface area contributed by atoms with Crippen LogP contribution < -0.4 is 5.32 Å². The highest BCUT2D eigenvalue weighted by Gasteiger charge is 2.04. The molecule has 0 fully saturated rings. The summed E-state index contributed by atoms with van der Waals surface area (Å²) >= 11 is 6.36. The maximum atomic E-state index is 6.36. The van der Waals surface area contributed by atoms with Crippen molar-refractivity contribution in [1.29, 1.82) is 0 Å². The van der Waals surface area contributed by atoms with Gasteiger partial charge in [0, 0.05) is 18.7 Å². The van der Waals surface area contributed by atoms with Crippen LogP contribution in [0, 0.1) is 0 Å². The van der Waals surface area contributed by atoms with Crippen LogP contribution in [0.1, 0.15) is 18.1 Å².